The Balaban J connectivity index is 1.72. The van der Waals surface area contributed by atoms with Crippen molar-refractivity contribution in [2.75, 3.05) is 6.61 Å². The Morgan fingerprint density at radius 3 is 2.42 bits per heavy atom. The van der Waals surface area contributed by atoms with Crippen LogP contribution in [0.25, 0.3) is 0 Å². The molecule has 24 heavy (non-hydrogen) atoms. The monoisotopic (exact) mass is 428 g/mol. The number of carbonyl (C=O) groups is 2. The van der Waals surface area contributed by atoms with Crippen LogP contribution in [0.5, 0.6) is 0 Å². The van der Waals surface area contributed by atoms with E-state index in [0.717, 1.165) is 4.47 Å². The highest BCUT2D eigenvalue weighted by Crippen LogP contribution is 2.21. The largest absolute Gasteiger partial charge is 0.465 e. The van der Waals surface area contributed by atoms with E-state index in [4.69, 9.17) is 27.9 Å². The van der Waals surface area contributed by atoms with E-state index in [1.165, 1.54) is 0 Å². The lowest BCUT2D eigenvalue weighted by Gasteiger charge is -2.06. The zero-order chi connectivity index (χ0) is 17.5. The Hall–Kier alpha value is -1.36. The molecule has 0 aromatic heterocycles. The molecule has 0 unspecified atom stereocenters. The standard InChI is InChI=1S/C18H15BrCl2O3/c19-14-6-3-12(4-7-14)17(22)2-1-9-24-18(23)10-13-5-8-15(20)11-16(13)21/h3-8,11H,1-2,9-10H2. The van der Waals surface area contributed by atoms with Crippen molar-refractivity contribution in [1.29, 1.82) is 0 Å². The number of rotatable bonds is 7. The summed E-state index contributed by atoms with van der Waals surface area (Å²) in [5.41, 5.74) is 1.31. The van der Waals surface area contributed by atoms with Crippen molar-refractivity contribution in [3.8, 4) is 0 Å². The first-order valence-electron chi connectivity index (χ1n) is 7.34. The number of benzene rings is 2. The number of esters is 1. The van der Waals surface area contributed by atoms with Crippen LogP contribution in [0.15, 0.2) is 46.9 Å². The van der Waals surface area contributed by atoms with Crippen molar-refractivity contribution in [3.05, 3.63) is 68.1 Å². The minimum atomic E-state index is -0.379. The SMILES string of the molecule is O=C(Cc1ccc(Cl)cc1Cl)OCCCC(=O)c1ccc(Br)cc1. The molecule has 3 nitrogen and oxygen atoms in total. The average molecular weight is 430 g/mol. The van der Waals surface area contributed by atoms with Crippen LogP contribution in [0, 0.1) is 0 Å². The Morgan fingerprint density at radius 2 is 1.75 bits per heavy atom. The van der Waals surface area contributed by atoms with Gasteiger partial charge in [0.25, 0.3) is 0 Å². The summed E-state index contributed by atoms with van der Waals surface area (Å²) in [7, 11) is 0. The topological polar surface area (TPSA) is 43.4 Å². The van der Waals surface area contributed by atoms with E-state index in [-0.39, 0.29) is 24.8 Å². The molecule has 2 aromatic rings. The summed E-state index contributed by atoms with van der Waals surface area (Å²) in [5.74, 6) is -0.352. The Bertz CT molecular complexity index is 730. The number of hydrogen-bond donors (Lipinski definition) is 0. The summed E-state index contributed by atoms with van der Waals surface area (Å²) in [5, 5.41) is 0.952. The number of ether oxygens (including phenoxy) is 1. The van der Waals surface area contributed by atoms with Crippen molar-refractivity contribution in [3.63, 3.8) is 0 Å². The first kappa shape index (κ1) is 19.0. The first-order valence-corrected chi connectivity index (χ1v) is 8.89. The third kappa shape index (κ3) is 5.93. The highest BCUT2D eigenvalue weighted by Gasteiger charge is 2.10. The van der Waals surface area contributed by atoms with E-state index in [2.05, 4.69) is 15.9 Å². The Kier molecular flexibility index (Phi) is 7.28. The van der Waals surface area contributed by atoms with Crippen LogP contribution in [0.1, 0.15) is 28.8 Å². The van der Waals surface area contributed by atoms with E-state index < -0.39 is 0 Å². The summed E-state index contributed by atoms with van der Waals surface area (Å²) >= 11 is 15.1. The van der Waals surface area contributed by atoms with Crippen LogP contribution in [-0.2, 0) is 16.0 Å². The maximum atomic E-state index is 12.0. The number of Topliss-reactive ketones (excluding diaryl/α,β-unsaturated/α-hetero) is 1. The zero-order valence-electron chi connectivity index (χ0n) is 12.7. The lowest BCUT2D eigenvalue weighted by atomic mass is 10.1. The smallest absolute Gasteiger partial charge is 0.310 e. The molecular weight excluding hydrogens is 415 g/mol. The molecule has 2 rings (SSSR count). The molecule has 126 valence electrons. The average Bonchev–Trinajstić information content (AvgIpc) is 2.55. The van der Waals surface area contributed by atoms with E-state index in [1.807, 2.05) is 12.1 Å². The molecule has 0 atom stereocenters. The minimum Gasteiger partial charge on any atom is -0.465 e. The van der Waals surface area contributed by atoms with E-state index >= 15 is 0 Å². The van der Waals surface area contributed by atoms with Crippen LogP contribution in [-0.4, -0.2) is 18.4 Å². The molecule has 0 fully saturated rings. The molecule has 0 saturated carbocycles. The van der Waals surface area contributed by atoms with E-state index in [9.17, 15) is 9.59 Å². The third-order valence-electron chi connectivity index (χ3n) is 3.33. The fourth-order valence-electron chi connectivity index (χ4n) is 2.07. The van der Waals surface area contributed by atoms with Gasteiger partial charge < -0.3 is 4.74 Å². The highest BCUT2D eigenvalue weighted by molar-refractivity contribution is 9.10. The Morgan fingerprint density at radius 1 is 1.04 bits per heavy atom. The number of ketones is 1. The number of halogens is 3. The van der Waals surface area contributed by atoms with Crippen LogP contribution >= 0.6 is 39.1 Å². The van der Waals surface area contributed by atoms with Crippen molar-refractivity contribution in [1.82, 2.24) is 0 Å². The van der Waals surface area contributed by atoms with Crippen LogP contribution in [0.4, 0.5) is 0 Å². The second-order valence-corrected chi connectivity index (χ2v) is 6.93. The lowest BCUT2D eigenvalue weighted by molar-refractivity contribution is -0.142. The molecular formula is C18H15BrCl2O3. The summed E-state index contributed by atoms with van der Waals surface area (Å²) in [6.07, 6.45) is 0.891. The van der Waals surface area contributed by atoms with Gasteiger partial charge in [-0.3, -0.25) is 9.59 Å². The molecule has 0 aliphatic rings. The van der Waals surface area contributed by atoms with Gasteiger partial charge in [-0.15, -0.1) is 0 Å². The highest BCUT2D eigenvalue weighted by atomic mass is 79.9. The lowest BCUT2D eigenvalue weighted by Crippen LogP contribution is -2.10. The predicted molar refractivity (Wildman–Crippen MR) is 98.8 cm³/mol. The van der Waals surface area contributed by atoms with Crippen molar-refractivity contribution in [2.45, 2.75) is 19.3 Å². The van der Waals surface area contributed by atoms with Gasteiger partial charge in [0.05, 0.1) is 13.0 Å². The quantitative estimate of drug-likeness (QED) is 0.331. The van der Waals surface area contributed by atoms with Gasteiger partial charge in [-0.05, 0) is 36.2 Å². The van der Waals surface area contributed by atoms with Crippen molar-refractivity contribution < 1.29 is 14.3 Å². The molecule has 0 aliphatic heterocycles. The second-order valence-electron chi connectivity index (χ2n) is 5.17. The molecule has 0 saturated heterocycles. The summed E-state index contributed by atoms with van der Waals surface area (Å²) in [6.45, 7) is 0.201. The number of hydrogen-bond acceptors (Lipinski definition) is 3. The van der Waals surface area contributed by atoms with Crippen molar-refractivity contribution in [2.24, 2.45) is 0 Å². The van der Waals surface area contributed by atoms with Crippen molar-refractivity contribution >= 4 is 50.9 Å². The molecule has 0 bridgehead atoms. The second kappa shape index (κ2) is 9.21. The molecule has 0 heterocycles. The molecule has 6 heteroatoms. The van der Waals surface area contributed by atoms with Gasteiger partial charge in [-0.2, -0.15) is 0 Å². The summed E-state index contributed by atoms with van der Waals surface area (Å²) in [4.78, 5) is 23.8. The van der Waals surface area contributed by atoms with Gasteiger partial charge in [0, 0.05) is 26.5 Å². The van der Waals surface area contributed by atoms with Gasteiger partial charge in [-0.1, -0.05) is 57.3 Å². The number of carbonyl (C=O) groups excluding carboxylic acids is 2. The zero-order valence-corrected chi connectivity index (χ0v) is 15.8. The van der Waals surface area contributed by atoms with Gasteiger partial charge >= 0.3 is 5.97 Å². The summed E-state index contributed by atoms with van der Waals surface area (Å²) in [6, 6.07) is 12.1. The normalized spacial score (nSPS) is 10.5. The van der Waals surface area contributed by atoms with Gasteiger partial charge in [0.1, 0.15) is 0 Å². The van der Waals surface area contributed by atoms with Crippen LogP contribution in [0.3, 0.4) is 0 Å². The molecule has 2 aromatic carbocycles. The van der Waals surface area contributed by atoms with Gasteiger partial charge in [0.2, 0.25) is 0 Å². The van der Waals surface area contributed by atoms with Crippen LogP contribution < -0.4 is 0 Å². The van der Waals surface area contributed by atoms with Gasteiger partial charge in [0.15, 0.2) is 5.78 Å². The first-order chi connectivity index (χ1) is 11.5. The summed E-state index contributed by atoms with van der Waals surface area (Å²) < 4.78 is 6.07. The van der Waals surface area contributed by atoms with E-state index in [0.29, 0.717) is 34.0 Å². The molecule has 0 aliphatic carbocycles. The Labute approximate surface area is 159 Å². The third-order valence-corrected chi connectivity index (χ3v) is 4.44. The minimum absolute atomic E-state index is 0.0271. The van der Waals surface area contributed by atoms with E-state index in [1.54, 1.807) is 30.3 Å². The maximum absolute atomic E-state index is 12.0. The van der Waals surface area contributed by atoms with Crippen LogP contribution in [0.2, 0.25) is 10.0 Å². The molecule has 0 radical (unpaired) electrons. The fourth-order valence-corrected chi connectivity index (χ4v) is 2.81. The fraction of sp³-hybridized carbons (Fsp3) is 0.222. The predicted octanol–water partition coefficient (Wildman–Crippen LogP) is 5.50. The molecule has 0 spiro atoms. The molecule has 0 N–H and O–H groups in total. The maximum Gasteiger partial charge on any atom is 0.310 e. The molecule has 0 amide bonds. The van der Waals surface area contributed by atoms with Gasteiger partial charge in [-0.25, -0.2) is 0 Å².